The molecule has 2 aliphatic carbocycles. The van der Waals surface area contributed by atoms with Crippen LogP contribution in [-0.4, -0.2) is 23.6 Å². The van der Waals surface area contributed by atoms with E-state index in [1.807, 2.05) is 42.5 Å². The fourth-order valence-electron chi connectivity index (χ4n) is 2.85. The van der Waals surface area contributed by atoms with E-state index in [9.17, 15) is 4.79 Å². The van der Waals surface area contributed by atoms with Crippen LogP contribution in [-0.2, 0) is 4.79 Å². The van der Waals surface area contributed by atoms with Gasteiger partial charge in [0.1, 0.15) is 11.5 Å². The maximum atomic E-state index is 12.2. The molecule has 0 saturated carbocycles. The lowest BCUT2D eigenvalue weighted by Gasteiger charge is -2.24. The number of methoxy groups -OCH3 is 1. The zero-order chi connectivity index (χ0) is 16.5. The van der Waals surface area contributed by atoms with Crippen molar-refractivity contribution in [3.63, 3.8) is 0 Å². The first-order valence-electron chi connectivity index (χ1n) is 7.60. The van der Waals surface area contributed by atoms with Gasteiger partial charge < -0.3 is 4.74 Å². The Hall–Kier alpha value is -2.73. The Labute approximate surface area is 143 Å². The predicted octanol–water partition coefficient (Wildman–Crippen LogP) is 3.57. The average molecular weight is 337 g/mol. The van der Waals surface area contributed by atoms with Gasteiger partial charge in [-0.1, -0.05) is 41.7 Å². The van der Waals surface area contributed by atoms with Crippen molar-refractivity contribution in [3.05, 3.63) is 54.7 Å². The van der Waals surface area contributed by atoms with Crippen LogP contribution in [0.5, 0.6) is 5.75 Å². The summed E-state index contributed by atoms with van der Waals surface area (Å²) in [6.45, 7) is 0. The van der Waals surface area contributed by atoms with Crippen molar-refractivity contribution in [2.75, 3.05) is 12.5 Å². The predicted molar refractivity (Wildman–Crippen MR) is 96.6 cm³/mol. The number of fused-ring (bicyclic) bond motifs is 2. The Kier molecular flexibility index (Phi) is 3.74. The quantitative estimate of drug-likeness (QED) is 0.870. The van der Waals surface area contributed by atoms with Crippen molar-refractivity contribution in [1.29, 1.82) is 0 Å². The Morgan fingerprint density at radius 3 is 3.00 bits per heavy atom. The first-order valence-corrected chi connectivity index (χ1v) is 8.42. The summed E-state index contributed by atoms with van der Waals surface area (Å²) in [6, 6.07) is 5.71. The molecule has 1 aromatic carbocycles. The van der Waals surface area contributed by atoms with Gasteiger partial charge in [0.2, 0.25) is 10.9 Å². The van der Waals surface area contributed by atoms with E-state index < -0.39 is 0 Å². The number of anilines is 1. The van der Waals surface area contributed by atoms with Gasteiger partial charge in [-0.3, -0.25) is 10.2 Å². The summed E-state index contributed by atoms with van der Waals surface area (Å²) in [5.74, 6) is 0.896. The largest absolute Gasteiger partial charge is 0.497 e. The third-order valence-corrected chi connectivity index (χ3v) is 5.01. The van der Waals surface area contributed by atoms with E-state index in [1.165, 1.54) is 11.3 Å². The van der Waals surface area contributed by atoms with E-state index in [0.717, 1.165) is 16.0 Å². The van der Waals surface area contributed by atoms with Crippen LogP contribution in [0.25, 0.3) is 10.2 Å². The van der Waals surface area contributed by atoms with Crippen molar-refractivity contribution < 1.29 is 9.53 Å². The molecule has 0 amide bonds. The number of ketones is 1. The highest BCUT2D eigenvalue weighted by atomic mass is 32.1. The Morgan fingerprint density at radius 1 is 1.25 bits per heavy atom. The molecular weight excluding hydrogens is 322 g/mol. The van der Waals surface area contributed by atoms with Crippen LogP contribution in [0.1, 0.15) is 0 Å². The molecule has 1 aromatic heterocycles. The first kappa shape index (κ1) is 14.8. The van der Waals surface area contributed by atoms with Crippen molar-refractivity contribution in [1.82, 2.24) is 4.98 Å². The molecule has 1 heterocycles. The number of carbonyl (C=O) groups is 1. The minimum Gasteiger partial charge on any atom is -0.497 e. The fourth-order valence-corrected chi connectivity index (χ4v) is 3.68. The standard InChI is InChI=1S/C18H15N3O2S/c1-23-12-7-8-14-16(10-12)24-18(19-14)21-20-17-13-5-3-2-4-11(13)6-9-15(17)22/h2-11,13H,1H3,(H,19,21)/b20-17-/t11-,13-/m1/s1. The van der Waals surface area contributed by atoms with Crippen LogP contribution in [0.3, 0.4) is 0 Å². The second-order valence-electron chi connectivity index (χ2n) is 5.56. The van der Waals surface area contributed by atoms with Gasteiger partial charge >= 0.3 is 0 Å². The molecule has 4 rings (SSSR count). The Bertz CT molecular complexity index is 923. The number of carbonyl (C=O) groups excluding carboxylic acids is 1. The molecule has 24 heavy (non-hydrogen) atoms. The number of benzene rings is 1. The van der Waals surface area contributed by atoms with Crippen LogP contribution in [0.2, 0.25) is 0 Å². The molecule has 0 saturated heterocycles. The third kappa shape index (κ3) is 2.65. The van der Waals surface area contributed by atoms with Crippen LogP contribution in [0.4, 0.5) is 5.13 Å². The molecule has 5 nitrogen and oxygen atoms in total. The molecule has 0 spiro atoms. The van der Waals surface area contributed by atoms with Crippen LogP contribution < -0.4 is 10.2 Å². The van der Waals surface area contributed by atoms with Gasteiger partial charge in [0, 0.05) is 11.8 Å². The lowest BCUT2D eigenvalue weighted by molar-refractivity contribution is -0.109. The highest BCUT2D eigenvalue weighted by Crippen LogP contribution is 2.30. The molecule has 120 valence electrons. The molecule has 2 aromatic rings. The van der Waals surface area contributed by atoms with Gasteiger partial charge in [-0.25, -0.2) is 4.98 Å². The summed E-state index contributed by atoms with van der Waals surface area (Å²) in [7, 11) is 1.64. The molecular formula is C18H15N3O2S. The average Bonchev–Trinajstić information content (AvgIpc) is 3.02. The molecule has 0 radical (unpaired) electrons. The molecule has 6 heteroatoms. The summed E-state index contributed by atoms with van der Waals surface area (Å²) in [4.78, 5) is 16.7. The monoisotopic (exact) mass is 337 g/mol. The molecule has 0 bridgehead atoms. The summed E-state index contributed by atoms with van der Waals surface area (Å²) in [5, 5.41) is 5.01. The highest BCUT2D eigenvalue weighted by Gasteiger charge is 2.29. The highest BCUT2D eigenvalue weighted by molar-refractivity contribution is 7.22. The zero-order valence-corrected chi connectivity index (χ0v) is 13.8. The number of hydrazone groups is 1. The number of hydrogen-bond acceptors (Lipinski definition) is 6. The van der Waals surface area contributed by atoms with Crippen molar-refractivity contribution in [3.8, 4) is 5.75 Å². The van der Waals surface area contributed by atoms with Gasteiger partial charge in [-0.15, -0.1) is 0 Å². The summed E-state index contributed by atoms with van der Waals surface area (Å²) >= 11 is 1.48. The molecule has 0 fully saturated rings. The first-order chi connectivity index (χ1) is 11.7. The van der Waals surface area contributed by atoms with Crippen molar-refractivity contribution >= 4 is 38.2 Å². The summed E-state index contributed by atoms with van der Waals surface area (Å²) in [6.07, 6.45) is 11.5. The Morgan fingerprint density at radius 2 is 2.12 bits per heavy atom. The van der Waals surface area contributed by atoms with Crippen molar-refractivity contribution in [2.45, 2.75) is 0 Å². The van der Waals surface area contributed by atoms with Crippen LogP contribution in [0, 0.1) is 11.8 Å². The second kappa shape index (κ2) is 6.05. The minimum absolute atomic E-state index is 0.0190. The summed E-state index contributed by atoms with van der Waals surface area (Å²) in [5.41, 5.74) is 4.33. The third-order valence-electron chi connectivity index (χ3n) is 4.08. The number of thiazole rings is 1. The van der Waals surface area contributed by atoms with E-state index in [-0.39, 0.29) is 17.6 Å². The van der Waals surface area contributed by atoms with E-state index in [4.69, 9.17) is 4.74 Å². The Balaban J connectivity index is 1.62. The van der Waals surface area contributed by atoms with E-state index in [2.05, 4.69) is 21.6 Å². The molecule has 1 N–H and O–H groups in total. The SMILES string of the molecule is COc1ccc2nc(N/N=C3\C(=O)C=C[C@H]4C=CC=C[C@@H]34)sc2c1. The van der Waals surface area contributed by atoms with Gasteiger partial charge in [0.05, 0.1) is 17.3 Å². The fraction of sp³-hybridized carbons (Fsp3) is 0.167. The van der Waals surface area contributed by atoms with Gasteiger partial charge in [-0.2, -0.15) is 5.10 Å². The zero-order valence-electron chi connectivity index (χ0n) is 13.0. The number of hydrogen-bond donors (Lipinski definition) is 1. The van der Waals surface area contributed by atoms with Crippen LogP contribution >= 0.6 is 11.3 Å². The number of ether oxygens (including phenoxy) is 1. The molecule has 2 atom stereocenters. The maximum Gasteiger partial charge on any atom is 0.204 e. The van der Waals surface area contributed by atoms with E-state index in [0.29, 0.717) is 10.8 Å². The molecule has 2 aliphatic rings. The molecule has 0 unspecified atom stereocenters. The van der Waals surface area contributed by atoms with Crippen molar-refractivity contribution in [2.24, 2.45) is 16.9 Å². The van der Waals surface area contributed by atoms with Crippen LogP contribution in [0.15, 0.2) is 59.8 Å². The number of nitrogens with zero attached hydrogens (tertiary/aromatic N) is 2. The number of aromatic nitrogens is 1. The number of nitrogens with one attached hydrogen (secondary N) is 1. The van der Waals surface area contributed by atoms with Gasteiger partial charge in [0.15, 0.2) is 0 Å². The van der Waals surface area contributed by atoms with Gasteiger partial charge in [-0.05, 0) is 24.3 Å². The van der Waals surface area contributed by atoms with E-state index in [1.54, 1.807) is 13.2 Å². The lowest BCUT2D eigenvalue weighted by atomic mass is 9.79. The maximum absolute atomic E-state index is 12.2. The summed E-state index contributed by atoms with van der Waals surface area (Å²) < 4.78 is 6.23. The topological polar surface area (TPSA) is 63.6 Å². The normalized spacial score (nSPS) is 23.7. The number of allylic oxidation sites excluding steroid dienone is 6. The minimum atomic E-state index is -0.0634. The lowest BCUT2D eigenvalue weighted by Crippen LogP contribution is -2.31. The van der Waals surface area contributed by atoms with Gasteiger partial charge in [0.25, 0.3) is 0 Å². The smallest absolute Gasteiger partial charge is 0.204 e. The second-order valence-corrected chi connectivity index (χ2v) is 6.59. The molecule has 0 aliphatic heterocycles. The van der Waals surface area contributed by atoms with E-state index >= 15 is 0 Å². The number of rotatable bonds is 3.